The highest BCUT2D eigenvalue weighted by molar-refractivity contribution is 5.94. The van der Waals surface area contributed by atoms with Gasteiger partial charge in [-0.2, -0.15) is 4.98 Å². The number of aromatic nitrogens is 2. The maximum Gasteiger partial charge on any atom is 0.257 e. The maximum atomic E-state index is 12.0. The monoisotopic (exact) mass is 257 g/mol. The summed E-state index contributed by atoms with van der Waals surface area (Å²) < 4.78 is 4.97. The van der Waals surface area contributed by atoms with Crippen LogP contribution >= 0.6 is 0 Å². The molecule has 1 amide bonds. The van der Waals surface area contributed by atoms with Gasteiger partial charge in [-0.3, -0.25) is 4.79 Å². The van der Waals surface area contributed by atoms with Crippen LogP contribution in [-0.4, -0.2) is 22.1 Å². The summed E-state index contributed by atoms with van der Waals surface area (Å²) in [6.07, 6.45) is 5.95. The number of hydrogen-bond acceptors (Lipinski definition) is 4. The molecular formula is C14H15N3O2. The van der Waals surface area contributed by atoms with E-state index in [0.29, 0.717) is 17.5 Å². The number of amides is 1. The number of nitrogens with zero attached hydrogens (tertiary/aromatic N) is 2. The second kappa shape index (κ2) is 5.22. The Morgan fingerprint density at radius 2 is 1.95 bits per heavy atom. The molecule has 5 nitrogen and oxygen atoms in total. The molecule has 1 heterocycles. The number of benzene rings is 1. The number of carbonyl (C=O) groups is 1. The first-order valence-corrected chi connectivity index (χ1v) is 6.51. The summed E-state index contributed by atoms with van der Waals surface area (Å²) in [6, 6.07) is 7.53. The van der Waals surface area contributed by atoms with Gasteiger partial charge >= 0.3 is 0 Å². The molecule has 3 rings (SSSR count). The molecule has 1 aromatic carbocycles. The van der Waals surface area contributed by atoms with Crippen LogP contribution in [0.3, 0.4) is 0 Å². The van der Waals surface area contributed by atoms with E-state index in [2.05, 4.69) is 15.5 Å². The molecule has 0 radical (unpaired) electrons. The van der Waals surface area contributed by atoms with E-state index in [9.17, 15) is 4.79 Å². The predicted molar refractivity (Wildman–Crippen MR) is 69.5 cm³/mol. The second-order valence-corrected chi connectivity index (χ2v) is 4.78. The van der Waals surface area contributed by atoms with Crippen LogP contribution in [0.5, 0.6) is 0 Å². The van der Waals surface area contributed by atoms with Gasteiger partial charge < -0.3 is 9.84 Å². The first-order valence-electron chi connectivity index (χ1n) is 6.51. The molecule has 0 bridgehead atoms. The lowest BCUT2D eigenvalue weighted by molar-refractivity contribution is 0.0938. The first-order chi connectivity index (χ1) is 9.33. The summed E-state index contributed by atoms with van der Waals surface area (Å²) in [6.45, 7) is 0. The largest absolute Gasteiger partial charge is 0.349 e. The van der Waals surface area contributed by atoms with Crippen molar-refractivity contribution in [1.82, 2.24) is 15.5 Å². The summed E-state index contributed by atoms with van der Waals surface area (Å²) in [5.74, 6) is 0.451. The molecule has 0 spiro atoms. The molecule has 1 aliphatic carbocycles. The van der Waals surface area contributed by atoms with E-state index in [4.69, 9.17) is 4.52 Å². The molecule has 2 aromatic rings. The Morgan fingerprint density at radius 1 is 1.21 bits per heavy atom. The van der Waals surface area contributed by atoms with Crippen LogP contribution in [0, 0.1) is 0 Å². The van der Waals surface area contributed by atoms with Crippen LogP contribution in [0.25, 0.3) is 11.5 Å². The molecule has 0 unspecified atom stereocenters. The fourth-order valence-corrected chi connectivity index (χ4v) is 2.40. The lowest BCUT2D eigenvalue weighted by Crippen LogP contribution is -2.32. The topological polar surface area (TPSA) is 68.0 Å². The predicted octanol–water partition coefficient (Wildman–Crippen LogP) is 2.41. The van der Waals surface area contributed by atoms with Gasteiger partial charge in [-0.15, -0.1) is 0 Å². The van der Waals surface area contributed by atoms with Crippen LogP contribution in [0.4, 0.5) is 0 Å². The highest BCUT2D eigenvalue weighted by atomic mass is 16.5. The van der Waals surface area contributed by atoms with Crippen LogP contribution < -0.4 is 5.32 Å². The molecule has 98 valence electrons. The van der Waals surface area contributed by atoms with Gasteiger partial charge in [0.05, 0.1) is 0 Å². The number of nitrogens with one attached hydrogen (secondary N) is 1. The van der Waals surface area contributed by atoms with Crippen LogP contribution in [0.2, 0.25) is 0 Å². The van der Waals surface area contributed by atoms with Crippen molar-refractivity contribution in [2.24, 2.45) is 0 Å². The third kappa shape index (κ3) is 2.65. The van der Waals surface area contributed by atoms with Crippen molar-refractivity contribution in [3.8, 4) is 11.5 Å². The zero-order chi connectivity index (χ0) is 13.1. The van der Waals surface area contributed by atoms with Crippen molar-refractivity contribution in [2.75, 3.05) is 0 Å². The SMILES string of the molecule is O=C(NC1CCCC1)c1ccc(-c2ncno2)cc1. The van der Waals surface area contributed by atoms with E-state index in [0.717, 1.165) is 18.4 Å². The number of carbonyl (C=O) groups excluding carboxylic acids is 1. The van der Waals surface area contributed by atoms with E-state index >= 15 is 0 Å². The number of rotatable bonds is 3. The molecule has 1 aliphatic rings. The lowest BCUT2D eigenvalue weighted by atomic mass is 10.1. The lowest BCUT2D eigenvalue weighted by Gasteiger charge is -2.11. The highest BCUT2D eigenvalue weighted by Crippen LogP contribution is 2.19. The Hall–Kier alpha value is -2.17. The molecule has 19 heavy (non-hydrogen) atoms. The molecule has 1 fully saturated rings. The zero-order valence-electron chi connectivity index (χ0n) is 10.5. The van der Waals surface area contributed by atoms with Crippen molar-refractivity contribution < 1.29 is 9.32 Å². The molecule has 0 atom stereocenters. The summed E-state index contributed by atoms with van der Waals surface area (Å²) >= 11 is 0. The van der Waals surface area contributed by atoms with E-state index in [1.807, 2.05) is 12.1 Å². The third-order valence-electron chi connectivity index (χ3n) is 3.45. The van der Waals surface area contributed by atoms with Crippen molar-refractivity contribution in [3.05, 3.63) is 36.2 Å². The second-order valence-electron chi connectivity index (χ2n) is 4.78. The molecule has 5 heteroatoms. The van der Waals surface area contributed by atoms with Crippen LogP contribution in [0.15, 0.2) is 35.1 Å². The smallest absolute Gasteiger partial charge is 0.257 e. The van der Waals surface area contributed by atoms with Crippen molar-refractivity contribution in [1.29, 1.82) is 0 Å². The highest BCUT2D eigenvalue weighted by Gasteiger charge is 2.17. The van der Waals surface area contributed by atoms with Gasteiger partial charge in [0.25, 0.3) is 11.8 Å². The van der Waals surface area contributed by atoms with Gasteiger partial charge in [0.15, 0.2) is 6.33 Å². The quantitative estimate of drug-likeness (QED) is 0.916. The van der Waals surface area contributed by atoms with Crippen LogP contribution in [-0.2, 0) is 0 Å². The third-order valence-corrected chi connectivity index (χ3v) is 3.45. The Balaban J connectivity index is 1.69. The van der Waals surface area contributed by atoms with E-state index < -0.39 is 0 Å². The van der Waals surface area contributed by atoms with E-state index in [-0.39, 0.29) is 5.91 Å². The van der Waals surface area contributed by atoms with Gasteiger partial charge in [0.2, 0.25) is 0 Å². The van der Waals surface area contributed by atoms with E-state index in [1.54, 1.807) is 12.1 Å². The van der Waals surface area contributed by atoms with Crippen molar-refractivity contribution >= 4 is 5.91 Å². The summed E-state index contributed by atoms with van der Waals surface area (Å²) in [4.78, 5) is 16.0. The number of hydrogen-bond donors (Lipinski definition) is 1. The fourth-order valence-electron chi connectivity index (χ4n) is 2.40. The van der Waals surface area contributed by atoms with E-state index in [1.165, 1.54) is 19.2 Å². The fraction of sp³-hybridized carbons (Fsp3) is 0.357. The Morgan fingerprint density at radius 3 is 2.58 bits per heavy atom. The minimum absolute atomic E-state index is 0.0102. The standard InChI is InChI=1S/C14H15N3O2/c18-13(17-12-3-1-2-4-12)10-5-7-11(8-6-10)14-15-9-16-19-14/h5-9,12H,1-4H2,(H,17,18). The molecule has 1 aromatic heterocycles. The Kier molecular flexibility index (Phi) is 3.27. The normalized spacial score (nSPS) is 15.6. The Labute approximate surface area is 111 Å². The minimum atomic E-state index is -0.0102. The average Bonchev–Trinajstić information content (AvgIpc) is 3.12. The average molecular weight is 257 g/mol. The summed E-state index contributed by atoms with van der Waals surface area (Å²) in [5, 5.41) is 6.62. The van der Waals surface area contributed by atoms with Gasteiger partial charge in [-0.1, -0.05) is 18.0 Å². The zero-order valence-corrected chi connectivity index (χ0v) is 10.5. The molecule has 0 aliphatic heterocycles. The minimum Gasteiger partial charge on any atom is -0.349 e. The summed E-state index contributed by atoms with van der Waals surface area (Å²) in [5.41, 5.74) is 1.48. The molecular weight excluding hydrogens is 242 g/mol. The van der Waals surface area contributed by atoms with Crippen LogP contribution in [0.1, 0.15) is 36.0 Å². The Bertz CT molecular complexity index is 543. The van der Waals surface area contributed by atoms with Gasteiger partial charge in [0, 0.05) is 17.2 Å². The molecule has 1 N–H and O–H groups in total. The van der Waals surface area contributed by atoms with Gasteiger partial charge in [0.1, 0.15) is 0 Å². The first kappa shape index (κ1) is 11.9. The van der Waals surface area contributed by atoms with Gasteiger partial charge in [-0.05, 0) is 37.1 Å². The molecule has 0 saturated heterocycles. The summed E-state index contributed by atoms with van der Waals surface area (Å²) in [7, 11) is 0. The molecule has 1 saturated carbocycles. The van der Waals surface area contributed by atoms with Crippen molar-refractivity contribution in [3.63, 3.8) is 0 Å². The van der Waals surface area contributed by atoms with Gasteiger partial charge in [-0.25, -0.2) is 0 Å². The van der Waals surface area contributed by atoms with Crippen molar-refractivity contribution in [2.45, 2.75) is 31.7 Å². The maximum absolute atomic E-state index is 12.0.